The van der Waals surface area contributed by atoms with Crippen molar-refractivity contribution in [3.63, 3.8) is 0 Å². The zero-order valence-electron chi connectivity index (χ0n) is 42.5. The van der Waals surface area contributed by atoms with Crippen molar-refractivity contribution in [1.82, 2.24) is 34.5 Å². The molecule has 77 heavy (non-hydrogen) atoms. The minimum Gasteiger partial charge on any atom is -0.366 e. The molecule has 1 unspecified atom stereocenters. The Morgan fingerprint density at radius 1 is 0.922 bits per heavy atom. The van der Waals surface area contributed by atoms with Gasteiger partial charge in [0, 0.05) is 43.4 Å². The van der Waals surface area contributed by atoms with Crippen molar-refractivity contribution in [2.75, 3.05) is 39.3 Å². The van der Waals surface area contributed by atoms with Crippen LogP contribution >= 0.6 is 18.9 Å². The number of rotatable bonds is 13. The molecule has 0 spiro atoms. The number of imide groups is 1. The lowest BCUT2D eigenvalue weighted by molar-refractivity contribution is -0.296. The molecule has 0 radical (unpaired) electrons. The highest BCUT2D eigenvalue weighted by Gasteiger charge is 2.53. The number of alkyl halides is 4. The van der Waals surface area contributed by atoms with Crippen LogP contribution in [0.25, 0.3) is 21.1 Å². The smallest absolute Gasteiger partial charge is 0.366 e. The fraction of sp³-hybridized carbons (Fsp3) is 0.481. The Morgan fingerprint density at radius 3 is 2.31 bits per heavy atom. The Kier molecular flexibility index (Phi) is 15.2. The zero-order valence-corrected chi connectivity index (χ0v) is 44.2. The number of morpholine rings is 1. The normalized spacial score (nSPS) is 22.1. The van der Waals surface area contributed by atoms with Crippen LogP contribution in [0.2, 0.25) is 0 Å². The number of benzene rings is 3. The number of nitrogens with one attached hydrogen (secondary N) is 2. The number of aromatic nitrogens is 2. The zero-order chi connectivity index (χ0) is 55.5. The van der Waals surface area contributed by atoms with Gasteiger partial charge in [-0.05, 0) is 90.3 Å². The second kappa shape index (κ2) is 21.2. The monoisotopic (exact) mass is 1110 g/mol. The summed E-state index contributed by atoms with van der Waals surface area (Å²) in [6.45, 7) is 3.59. The molecule has 0 saturated carbocycles. The summed E-state index contributed by atoms with van der Waals surface area (Å²) in [6.07, 6.45) is -3.98. The Balaban J connectivity index is 0.897. The van der Waals surface area contributed by atoms with Gasteiger partial charge >= 0.3 is 25.1 Å². The van der Waals surface area contributed by atoms with E-state index in [0.29, 0.717) is 53.6 Å². The van der Waals surface area contributed by atoms with Crippen molar-refractivity contribution in [3.8, 4) is 0 Å². The molecule has 5 aromatic rings. The quantitative estimate of drug-likeness (QED) is 0.0644. The predicted molar refractivity (Wildman–Crippen MR) is 272 cm³/mol. The molecular formula is C52H58F4N7O12PS. The molecule has 25 heteroatoms. The molecule has 2 aromatic heterocycles. The van der Waals surface area contributed by atoms with Gasteiger partial charge in [-0.1, -0.05) is 63.2 Å². The number of piperidine rings is 2. The summed E-state index contributed by atoms with van der Waals surface area (Å²) < 4.78 is 86.3. The van der Waals surface area contributed by atoms with E-state index >= 15 is 8.78 Å². The van der Waals surface area contributed by atoms with Gasteiger partial charge in [0.2, 0.25) is 29.5 Å². The molecule has 4 N–H and O–H groups in total. The summed E-state index contributed by atoms with van der Waals surface area (Å²) in [6, 6.07) is 14.2. The van der Waals surface area contributed by atoms with Gasteiger partial charge in [0.05, 0.1) is 28.6 Å². The maximum atomic E-state index is 15.4. The highest BCUT2D eigenvalue weighted by atomic mass is 32.1. The first-order valence-corrected chi connectivity index (χ1v) is 27.5. The standard InChI is InChI=1S/C52H58F4N7O12PS/c1-50(2,3)44(58-46(67)40-25-32-24-33(11-14-39(32)77-40)52(55,56)76(71,72)73)48(69)62-21-18-37(43(62)47(68)61-26-38(75-51(53,54)28-61)31-8-6-5-7-9-31)74-27-42(65)60-19-16-29(17-20-60)22-30-10-12-34-36(23-30)59(4)49(70)63(34)35-13-15-41(64)57-45(35)66/h5-12,14,23-25,29,35,37-38,43-44H,13,15-22,26-28H2,1-4H3,(H,58,67)(H,57,64,66)(H2,71,72,73)/t35?,37-,38+,43+,44-/m1/s1. The molecule has 5 atom stereocenters. The minimum atomic E-state index is -5.90. The lowest BCUT2D eigenvalue weighted by Gasteiger charge is -2.41. The second-order valence-corrected chi connectivity index (χ2v) is 24.0. The van der Waals surface area contributed by atoms with Crippen molar-refractivity contribution in [1.29, 1.82) is 0 Å². The third-order valence-electron chi connectivity index (χ3n) is 14.9. The topological polar surface area (TPSA) is 239 Å². The lowest BCUT2D eigenvalue weighted by Crippen LogP contribution is -2.61. The van der Waals surface area contributed by atoms with E-state index < -0.39 is 103 Å². The molecule has 4 fully saturated rings. The van der Waals surface area contributed by atoms with E-state index in [1.54, 1.807) is 69.1 Å². The van der Waals surface area contributed by atoms with Gasteiger partial charge in [-0.3, -0.25) is 47.8 Å². The van der Waals surface area contributed by atoms with E-state index in [-0.39, 0.29) is 60.1 Å². The van der Waals surface area contributed by atoms with Gasteiger partial charge in [0.1, 0.15) is 37.4 Å². The fourth-order valence-corrected chi connectivity index (χ4v) is 12.1. The number of amides is 6. The number of imidazole rings is 1. The van der Waals surface area contributed by atoms with Gasteiger partial charge in [0.15, 0.2) is 0 Å². The first kappa shape index (κ1) is 55.5. The van der Waals surface area contributed by atoms with E-state index in [9.17, 15) is 56.7 Å². The van der Waals surface area contributed by atoms with Crippen molar-refractivity contribution in [2.45, 2.75) is 101 Å². The number of aryl methyl sites for hydroxylation is 1. The van der Waals surface area contributed by atoms with Crippen LogP contribution in [0.4, 0.5) is 17.6 Å². The number of likely N-dealkylation sites (tertiary alicyclic amines) is 2. The van der Waals surface area contributed by atoms with Crippen LogP contribution in [0, 0.1) is 11.3 Å². The Bertz CT molecular complexity index is 3260. The number of hydrogen-bond donors (Lipinski definition) is 4. The summed E-state index contributed by atoms with van der Waals surface area (Å²) in [7, 11) is -4.28. The van der Waals surface area contributed by atoms with Gasteiger partial charge < -0.3 is 39.3 Å². The van der Waals surface area contributed by atoms with Crippen LogP contribution in [-0.2, 0) is 57.1 Å². The largest absolute Gasteiger partial charge is 0.399 e. The Morgan fingerprint density at radius 2 is 1.64 bits per heavy atom. The summed E-state index contributed by atoms with van der Waals surface area (Å²) in [4.78, 5) is 118. The third-order valence-corrected chi connectivity index (χ3v) is 17.0. The summed E-state index contributed by atoms with van der Waals surface area (Å²) >= 11 is 0.874. The number of carbonyl (C=O) groups excluding carboxylic acids is 6. The number of halogens is 4. The number of hydrogen-bond acceptors (Lipinski definition) is 11. The minimum absolute atomic E-state index is 0.00982. The van der Waals surface area contributed by atoms with Gasteiger partial charge in [-0.2, -0.15) is 17.6 Å². The molecule has 6 amide bonds. The van der Waals surface area contributed by atoms with Crippen LogP contribution in [0.5, 0.6) is 0 Å². The molecule has 0 bridgehead atoms. The summed E-state index contributed by atoms with van der Waals surface area (Å²) in [5, 5.41) is 5.11. The third kappa shape index (κ3) is 11.4. The van der Waals surface area contributed by atoms with Crippen molar-refractivity contribution >= 4 is 75.5 Å². The van der Waals surface area contributed by atoms with E-state index in [2.05, 4.69) is 10.6 Å². The van der Waals surface area contributed by atoms with Gasteiger partial charge in [-0.25, -0.2) is 4.79 Å². The lowest BCUT2D eigenvalue weighted by atomic mass is 9.85. The van der Waals surface area contributed by atoms with Crippen LogP contribution in [0.1, 0.15) is 91.4 Å². The van der Waals surface area contributed by atoms with Crippen molar-refractivity contribution in [2.24, 2.45) is 18.4 Å². The maximum absolute atomic E-state index is 15.4. The average molecular weight is 1110 g/mol. The SMILES string of the molecule is Cn1c(=O)n(C2CCC(=O)NC2=O)c2ccc(CC3CCN(C(=O)CO[C@@H]4CCN(C(=O)[C@@H](NC(=O)c5cc6cc(C(F)(F)P(=O)(O)O)ccc6s5)C(C)(C)C)[C@@H]4C(=O)N4C[C@@H](c5ccccc5)OC(F)(F)C4)CC3)cc21. The highest BCUT2D eigenvalue weighted by molar-refractivity contribution is 7.52. The molecule has 6 heterocycles. The molecule has 4 aliphatic heterocycles. The van der Waals surface area contributed by atoms with E-state index in [1.807, 2.05) is 12.1 Å². The number of fused-ring (bicyclic) bond motifs is 2. The van der Waals surface area contributed by atoms with Gasteiger partial charge in [0.25, 0.3) is 5.91 Å². The van der Waals surface area contributed by atoms with E-state index in [0.717, 1.165) is 33.9 Å². The Hall–Kier alpha value is -6.30. The molecule has 0 aliphatic carbocycles. The number of nitrogens with zero attached hydrogens (tertiary/aromatic N) is 5. The van der Waals surface area contributed by atoms with Crippen molar-refractivity contribution < 1.29 is 70.2 Å². The van der Waals surface area contributed by atoms with Gasteiger partial charge in [-0.15, -0.1) is 11.3 Å². The predicted octanol–water partition coefficient (Wildman–Crippen LogP) is 5.56. The molecular weight excluding hydrogens is 1050 g/mol. The van der Waals surface area contributed by atoms with Crippen molar-refractivity contribution in [3.05, 3.63) is 105 Å². The van der Waals surface area contributed by atoms with Crippen LogP contribution in [0.15, 0.2) is 77.6 Å². The summed E-state index contributed by atoms with van der Waals surface area (Å²) in [5.74, 6) is -3.61. The molecule has 4 aliphatic rings. The Labute approximate surface area is 442 Å². The van der Waals surface area contributed by atoms with Crippen LogP contribution in [-0.4, -0.2) is 133 Å². The van der Waals surface area contributed by atoms with Crippen LogP contribution < -0.4 is 16.3 Å². The first-order chi connectivity index (χ1) is 36.2. The number of carbonyl (C=O) groups is 6. The summed E-state index contributed by atoms with van der Waals surface area (Å²) in [5.41, 5.74) is -4.38. The fourth-order valence-electron chi connectivity index (χ4n) is 10.7. The molecule has 3 aromatic carbocycles. The second-order valence-electron chi connectivity index (χ2n) is 21.2. The molecule has 9 rings (SSSR count). The van der Waals surface area contributed by atoms with E-state index in [4.69, 9.17) is 9.47 Å². The van der Waals surface area contributed by atoms with E-state index in [1.165, 1.54) is 26.2 Å². The number of ether oxygens (including phenoxy) is 2. The maximum Gasteiger partial charge on any atom is 0.399 e. The molecule has 19 nitrogen and oxygen atoms in total. The average Bonchev–Trinajstić information content (AvgIpc) is 4.11. The number of thiophene rings is 1. The highest BCUT2D eigenvalue weighted by Crippen LogP contribution is 2.59. The first-order valence-electron chi connectivity index (χ1n) is 25.1. The molecule has 4 saturated heterocycles. The molecule has 412 valence electrons. The van der Waals surface area contributed by atoms with Crippen LogP contribution in [0.3, 0.4) is 0 Å².